The zero-order chi connectivity index (χ0) is 14.4. The number of hydrogen-bond acceptors (Lipinski definition) is 1. The minimum atomic E-state index is -4.38. The summed E-state index contributed by atoms with van der Waals surface area (Å²) in [5.74, 6) is 0. The average Bonchev–Trinajstić information content (AvgIpc) is 2.52. The van der Waals surface area contributed by atoms with Crippen LogP contribution in [-0.4, -0.2) is 15.3 Å². The fourth-order valence-corrected chi connectivity index (χ4v) is 2.39. The minimum absolute atomic E-state index is 0.161. The maximum absolute atomic E-state index is 13.0. The van der Waals surface area contributed by atoms with Gasteiger partial charge in [0, 0.05) is 25.1 Å². The Labute approximate surface area is 109 Å². The number of hydrogen-bond donors (Lipinski definition) is 1. The second-order valence-electron chi connectivity index (χ2n) is 5.45. The molecule has 2 nitrogen and oxygen atoms in total. The van der Waals surface area contributed by atoms with Crippen LogP contribution in [-0.2, 0) is 19.6 Å². The normalized spacial score (nSPS) is 13.2. The van der Waals surface area contributed by atoms with E-state index in [1.165, 1.54) is 10.6 Å². The average molecular weight is 271 g/mol. The Kier molecular flexibility index (Phi) is 3.13. The van der Waals surface area contributed by atoms with Crippen molar-refractivity contribution in [1.82, 2.24) is 4.57 Å². The van der Waals surface area contributed by atoms with Gasteiger partial charge in [0.25, 0.3) is 0 Å². The highest BCUT2D eigenvalue weighted by Gasteiger charge is 2.34. The van der Waals surface area contributed by atoms with Crippen LogP contribution in [0.25, 0.3) is 10.9 Å². The van der Waals surface area contributed by atoms with E-state index in [9.17, 15) is 18.3 Å². The van der Waals surface area contributed by atoms with Gasteiger partial charge in [0.15, 0.2) is 0 Å². The van der Waals surface area contributed by atoms with Gasteiger partial charge in [0.1, 0.15) is 0 Å². The van der Waals surface area contributed by atoms with Gasteiger partial charge in [-0.15, -0.1) is 0 Å². The van der Waals surface area contributed by atoms with E-state index in [0.29, 0.717) is 11.8 Å². The van der Waals surface area contributed by atoms with Crippen molar-refractivity contribution >= 4 is 10.9 Å². The van der Waals surface area contributed by atoms with Gasteiger partial charge in [-0.05, 0) is 25.5 Å². The number of nitrogens with zero attached hydrogens (tertiary/aromatic N) is 1. The lowest BCUT2D eigenvalue weighted by Gasteiger charge is -2.16. The molecule has 0 saturated heterocycles. The van der Waals surface area contributed by atoms with Crippen molar-refractivity contribution in [3.05, 3.63) is 35.5 Å². The van der Waals surface area contributed by atoms with E-state index in [4.69, 9.17) is 0 Å². The number of aromatic nitrogens is 1. The van der Waals surface area contributed by atoms with Crippen LogP contribution in [0, 0.1) is 0 Å². The van der Waals surface area contributed by atoms with Crippen LogP contribution in [0.2, 0.25) is 0 Å². The van der Waals surface area contributed by atoms with Gasteiger partial charge >= 0.3 is 6.18 Å². The molecule has 0 aliphatic rings. The molecule has 0 spiro atoms. The number of benzene rings is 1. The van der Waals surface area contributed by atoms with Crippen LogP contribution in [0.5, 0.6) is 0 Å². The van der Waals surface area contributed by atoms with Crippen LogP contribution in [0.15, 0.2) is 24.4 Å². The Morgan fingerprint density at radius 2 is 1.84 bits per heavy atom. The Balaban J connectivity index is 2.67. The molecular formula is C14H16F3NO. The Hall–Kier alpha value is -1.49. The quantitative estimate of drug-likeness (QED) is 0.888. The fourth-order valence-electron chi connectivity index (χ4n) is 2.39. The topological polar surface area (TPSA) is 25.2 Å². The van der Waals surface area contributed by atoms with Crippen LogP contribution in [0.4, 0.5) is 13.2 Å². The molecule has 0 unspecified atom stereocenters. The van der Waals surface area contributed by atoms with Gasteiger partial charge in [-0.25, -0.2) is 0 Å². The van der Waals surface area contributed by atoms with E-state index in [-0.39, 0.29) is 5.52 Å². The van der Waals surface area contributed by atoms with Crippen LogP contribution >= 0.6 is 0 Å². The molecule has 1 heterocycles. The number of halogens is 3. The third-order valence-electron chi connectivity index (χ3n) is 3.01. The van der Waals surface area contributed by atoms with Gasteiger partial charge in [0.05, 0.1) is 16.7 Å². The van der Waals surface area contributed by atoms with Gasteiger partial charge in [-0.2, -0.15) is 13.2 Å². The second-order valence-corrected chi connectivity index (χ2v) is 5.45. The molecular weight excluding hydrogens is 255 g/mol. The summed E-state index contributed by atoms with van der Waals surface area (Å²) < 4.78 is 40.4. The van der Waals surface area contributed by atoms with Crippen molar-refractivity contribution in [1.29, 1.82) is 0 Å². The summed E-state index contributed by atoms with van der Waals surface area (Å²) in [7, 11) is 1.59. The summed E-state index contributed by atoms with van der Waals surface area (Å²) in [6.07, 6.45) is -2.42. The first-order chi connectivity index (χ1) is 8.59. The zero-order valence-electron chi connectivity index (χ0n) is 11.0. The molecule has 1 N–H and O–H groups in total. The van der Waals surface area contributed by atoms with E-state index in [0.717, 1.165) is 11.6 Å². The van der Waals surface area contributed by atoms with E-state index in [1.807, 2.05) is 0 Å². The summed E-state index contributed by atoms with van der Waals surface area (Å²) in [4.78, 5) is 0. The monoisotopic (exact) mass is 271 g/mol. The first-order valence-electron chi connectivity index (χ1n) is 5.96. The van der Waals surface area contributed by atoms with E-state index in [2.05, 4.69) is 0 Å². The number of aryl methyl sites for hydroxylation is 1. The lowest BCUT2D eigenvalue weighted by atomic mass is 9.97. The van der Waals surface area contributed by atoms with Crippen molar-refractivity contribution in [2.24, 2.45) is 7.05 Å². The van der Waals surface area contributed by atoms with Gasteiger partial charge in [-0.1, -0.05) is 12.1 Å². The summed E-state index contributed by atoms with van der Waals surface area (Å²) in [6.45, 7) is 3.28. The summed E-state index contributed by atoms with van der Waals surface area (Å²) in [5.41, 5.74) is -0.720. The number of alkyl halides is 3. The molecule has 2 rings (SSSR count). The maximum Gasteiger partial charge on any atom is 0.418 e. The van der Waals surface area contributed by atoms with Crippen LogP contribution < -0.4 is 0 Å². The third kappa shape index (κ3) is 2.76. The molecule has 0 bridgehead atoms. The molecule has 0 saturated carbocycles. The SMILES string of the molecule is Cn1cc(CC(C)(C)O)c2cccc(C(F)(F)F)c21. The largest absolute Gasteiger partial charge is 0.418 e. The highest BCUT2D eigenvalue weighted by Crippen LogP contribution is 2.36. The number of fused-ring (bicyclic) bond motifs is 1. The molecule has 0 aliphatic carbocycles. The molecule has 0 amide bonds. The molecule has 0 atom stereocenters. The first kappa shape index (κ1) is 13.9. The molecule has 1 aromatic carbocycles. The summed E-state index contributed by atoms with van der Waals surface area (Å²) in [6, 6.07) is 4.14. The second kappa shape index (κ2) is 4.27. The van der Waals surface area contributed by atoms with Crippen molar-refractivity contribution in [3.8, 4) is 0 Å². The van der Waals surface area contributed by atoms with E-state index in [1.54, 1.807) is 33.2 Å². The van der Waals surface area contributed by atoms with Crippen LogP contribution in [0.1, 0.15) is 25.0 Å². The molecule has 0 radical (unpaired) electrons. The molecule has 1 aromatic heterocycles. The maximum atomic E-state index is 13.0. The number of para-hydroxylation sites is 1. The van der Waals surface area contributed by atoms with Crippen molar-refractivity contribution in [2.45, 2.75) is 32.0 Å². The van der Waals surface area contributed by atoms with Gasteiger partial charge in [0.2, 0.25) is 0 Å². The van der Waals surface area contributed by atoms with Crippen LogP contribution in [0.3, 0.4) is 0 Å². The molecule has 0 fully saturated rings. The Morgan fingerprint density at radius 3 is 2.37 bits per heavy atom. The van der Waals surface area contributed by atoms with Gasteiger partial charge in [-0.3, -0.25) is 0 Å². The number of rotatable bonds is 2. The highest BCUT2D eigenvalue weighted by atomic mass is 19.4. The minimum Gasteiger partial charge on any atom is -0.390 e. The molecule has 19 heavy (non-hydrogen) atoms. The lowest BCUT2D eigenvalue weighted by Crippen LogP contribution is -2.21. The smallest absolute Gasteiger partial charge is 0.390 e. The number of aliphatic hydroxyl groups is 1. The van der Waals surface area contributed by atoms with E-state index >= 15 is 0 Å². The zero-order valence-corrected chi connectivity index (χ0v) is 11.0. The third-order valence-corrected chi connectivity index (χ3v) is 3.01. The fraction of sp³-hybridized carbons (Fsp3) is 0.429. The molecule has 5 heteroatoms. The standard InChI is InChI=1S/C14H16F3NO/c1-13(2,19)7-9-8-18(3)12-10(9)5-4-6-11(12)14(15,16)17/h4-6,8,19H,7H2,1-3H3. The van der Waals surface area contributed by atoms with E-state index < -0.39 is 17.3 Å². The Morgan fingerprint density at radius 1 is 1.21 bits per heavy atom. The summed E-state index contributed by atoms with van der Waals surface area (Å²) >= 11 is 0. The highest BCUT2D eigenvalue weighted by molar-refractivity contribution is 5.87. The van der Waals surface area contributed by atoms with Crippen molar-refractivity contribution < 1.29 is 18.3 Å². The Bertz CT molecular complexity index is 605. The lowest BCUT2D eigenvalue weighted by molar-refractivity contribution is -0.136. The predicted molar refractivity (Wildman–Crippen MR) is 67.9 cm³/mol. The predicted octanol–water partition coefficient (Wildman–Crippen LogP) is 3.51. The van der Waals surface area contributed by atoms with Gasteiger partial charge < -0.3 is 9.67 Å². The van der Waals surface area contributed by atoms with Crippen molar-refractivity contribution in [2.75, 3.05) is 0 Å². The van der Waals surface area contributed by atoms with Crippen molar-refractivity contribution in [3.63, 3.8) is 0 Å². The molecule has 2 aromatic rings. The summed E-state index contributed by atoms with van der Waals surface area (Å²) in [5, 5.41) is 10.4. The molecule has 0 aliphatic heterocycles. The molecule has 104 valence electrons. The first-order valence-corrected chi connectivity index (χ1v) is 5.96.